The summed E-state index contributed by atoms with van der Waals surface area (Å²) in [5, 5.41) is 9.79. The van der Waals surface area contributed by atoms with Crippen molar-refractivity contribution in [2.45, 2.75) is 31.5 Å². The molecule has 2 rings (SSSR count). The molecule has 1 atom stereocenters. The molecule has 0 radical (unpaired) electrons. The highest BCUT2D eigenvalue weighted by atomic mass is 19.4. The number of likely N-dealkylation sites (N-methyl/N-ethyl adjacent to an activating group) is 1. The van der Waals surface area contributed by atoms with Gasteiger partial charge in [-0.25, -0.2) is 0 Å². The zero-order valence-corrected chi connectivity index (χ0v) is 8.88. The number of aryl methyl sites for hydroxylation is 1. The highest BCUT2D eigenvalue weighted by molar-refractivity contribution is 5.05. The van der Waals surface area contributed by atoms with Crippen LogP contribution >= 0.6 is 0 Å². The molecule has 0 saturated carbocycles. The second-order valence-corrected chi connectivity index (χ2v) is 3.91. The fraction of sp³-hybridized carbons (Fsp3) is 0.778. The van der Waals surface area contributed by atoms with Crippen LogP contribution in [0.4, 0.5) is 13.2 Å². The van der Waals surface area contributed by atoms with Gasteiger partial charge in [-0.1, -0.05) is 0 Å². The van der Waals surface area contributed by atoms with Gasteiger partial charge in [-0.05, 0) is 19.9 Å². The smallest absolute Gasteiger partial charge is 0.318 e. The summed E-state index contributed by atoms with van der Waals surface area (Å²) in [6.07, 6.45) is -2.25. The molecule has 0 fully saturated rings. The third-order valence-corrected chi connectivity index (χ3v) is 2.76. The molecule has 1 N–H and O–H groups in total. The van der Waals surface area contributed by atoms with E-state index in [2.05, 4.69) is 15.5 Å². The van der Waals surface area contributed by atoms with Gasteiger partial charge in [0.25, 0.3) is 0 Å². The van der Waals surface area contributed by atoms with Crippen molar-refractivity contribution in [3.8, 4) is 0 Å². The summed E-state index contributed by atoms with van der Waals surface area (Å²) in [6.45, 7) is 0.508. The van der Waals surface area contributed by atoms with E-state index in [-0.39, 0.29) is 6.04 Å². The second kappa shape index (κ2) is 4.04. The maximum absolute atomic E-state index is 12.7. The van der Waals surface area contributed by atoms with Crippen LogP contribution in [0.3, 0.4) is 0 Å². The molecule has 0 aromatic carbocycles. The Morgan fingerprint density at radius 3 is 2.81 bits per heavy atom. The van der Waals surface area contributed by atoms with Gasteiger partial charge in [0.2, 0.25) is 5.82 Å². The van der Waals surface area contributed by atoms with Gasteiger partial charge in [-0.15, -0.1) is 10.2 Å². The Morgan fingerprint density at radius 1 is 1.44 bits per heavy atom. The van der Waals surface area contributed by atoms with Gasteiger partial charge >= 0.3 is 6.18 Å². The molecule has 1 aromatic heterocycles. The highest BCUT2D eigenvalue weighted by Crippen LogP contribution is 2.33. The maximum atomic E-state index is 12.7. The van der Waals surface area contributed by atoms with Gasteiger partial charge in [-0.2, -0.15) is 13.2 Å². The van der Waals surface area contributed by atoms with Crippen molar-refractivity contribution in [2.24, 2.45) is 0 Å². The first-order chi connectivity index (χ1) is 7.54. The summed E-state index contributed by atoms with van der Waals surface area (Å²) >= 11 is 0. The van der Waals surface area contributed by atoms with E-state index in [1.807, 2.05) is 0 Å². The first-order valence-electron chi connectivity index (χ1n) is 5.19. The topological polar surface area (TPSA) is 42.7 Å². The SMILES string of the molecule is CNCC1CCCc2nnc(C(F)(F)F)n21. The van der Waals surface area contributed by atoms with Crippen LogP contribution in [0.5, 0.6) is 0 Å². The van der Waals surface area contributed by atoms with Crippen LogP contribution in [0.25, 0.3) is 0 Å². The minimum Gasteiger partial charge on any atom is -0.318 e. The highest BCUT2D eigenvalue weighted by Gasteiger charge is 2.40. The van der Waals surface area contributed by atoms with E-state index >= 15 is 0 Å². The average molecular weight is 234 g/mol. The Morgan fingerprint density at radius 2 is 2.19 bits per heavy atom. The van der Waals surface area contributed by atoms with E-state index in [0.29, 0.717) is 18.8 Å². The summed E-state index contributed by atoms with van der Waals surface area (Å²) in [5.41, 5.74) is 0. The number of hydrogen-bond donors (Lipinski definition) is 1. The molecular weight excluding hydrogens is 221 g/mol. The summed E-state index contributed by atoms with van der Waals surface area (Å²) in [7, 11) is 1.73. The van der Waals surface area contributed by atoms with Crippen molar-refractivity contribution in [2.75, 3.05) is 13.6 Å². The normalized spacial score (nSPS) is 20.9. The predicted octanol–water partition coefficient (Wildman–Crippen LogP) is 1.39. The minimum absolute atomic E-state index is 0.194. The maximum Gasteiger partial charge on any atom is 0.451 e. The quantitative estimate of drug-likeness (QED) is 0.841. The first kappa shape index (κ1) is 11.4. The molecule has 2 heterocycles. The van der Waals surface area contributed by atoms with Crippen LogP contribution in [0.2, 0.25) is 0 Å². The monoisotopic (exact) mass is 234 g/mol. The largest absolute Gasteiger partial charge is 0.451 e. The number of alkyl halides is 3. The minimum atomic E-state index is -4.42. The second-order valence-electron chi connectivity index (χ2n) is 3.91. The van der Waals surface area contributed by atoms with Gasteiger partial charge in [-0.3, -0.25) is 0 Å². The van der Waals surface area contributed by atoms with Gasteiger partial charge in [0.15, 0.2) is 0 Å². The van der Waals surface area contributed by atoms with Crippen molar-refractivity contribution < 1.29 is 13.2 Å². The zero-order valence-electron chi connectivity index (χ0n) is 8.88. The van der Waals surface area contributed by atoms with Crippen molar-refractivity contribution in [1.29, 1.82) is 0 Å². The molecule has 90 valence electrons. The molecule has 1 unspecified atom stereocenters. The van der Waals surface area contributed by atoms with Crippen LogP contribution in [-0.4, -0.2) is 28.4 Å². The average Bonchev–Trinajstić information content (AvgIpc) is 2.62. The molecular formula is C9H13F3N4. The van der Waals surface area contributed by atoms with E-state index in [0.717, 1.165) is 12.8 Å². The van der Waals surface area contributed by atoms with Crippen LogP contribution in [0, 0.1) is 0 Å². The van der Waals surface area contributed by atoms with E-state index in [1.165, 1.54) is 4.57 Å². The molecule has 4 nitrogen and oxygen atoms in total. The lowest BCUT2D eigenvalue weighted by Gasteiger charge is -2.26. The zero-order chi connectivity index (χ0) is 11.8. The van der Waals surface area contributed by atoms with E-state index in [1.54, 1.807) is 7.05 Å². The molecule has 0 amide bonds. The lowest BCUT2D eigenvalue weighted by Crippen LogP contribution is -2.30. The van der Waals surface area contributed by atoms with Crippen molar-refractivity contribution in [3.63, 3.8) is 0 Å². The van der Waals surface area contributed by atoms with Crippen LogP contribution in [0.15, 0.2) is 0 Å². The molecule has 1 aliphatic heterocycles. The fourth-order valence-electron chi connectivity index (χ4n) is 2.12. The van der Waals surface area contributed by atoms with Crippen molar-refractivity contribution in [1.82, 2.24) is 20.1 Å². The molecule has 1 aromatic rings. The van der Waals surface area contributed by atoms with Crippen molar-refractivity contribution >= 4 is 0 Å². The van der Waals surface area contributed by atoms with E-state index < -0.39 is 12.0 Å². The lowest BCUT2D eigenvalue weighted by molar-refractivity contribution is -0.148. The predicted molar refractivity (Wildman–Crippen MR) is 50.9 cm³/mol. The van der Waals surface area contributed by atoms with Gasteiger partial charge in [0, 0.05) is 19.0 Å². The third kappa shape index (κ3) is 1.91. The molecule has 0 saturated heterocycles. The number of halogens is 3. The molecule has 16 heavy (non-hydrogen) atoms. The Kier molecular flexibility index (Phi) is 2.88. The number of rotatable bonds is 2. The number of nitrogens with one attached hydrogen (secondary N) is 1. The molecule has 1 aliphatic rings. The van der Waals surface area contributed by atoms with Crippen LogP contribution in [-0.2, 0) is 12.6 Å². The summed E-state index contributed by atoms with van der Waals surface area (Å²) < 4.78 is 39.3. The number of hydrogen-bond acceptors (Lipinski definition) is 3. The summed E-state index contributed by atoms with van der Waals surface area (Å²) in [4.78, 5) is 0. The first-order valence-corrected chi connectivity index (χ1v) is 5.19. The Hall–Kier alpha value is -1.11. The van der Waals surface area contributed by atoms with Crippen LogP contribution < -0.4 is 5.32 Å². The molecule has 7 heteroatoms. The summed E-state index contributed by atoms with van der Waals surface area (Å²) in [5.74, 6) is -0.429. The van der Waals surface area contributed by atoms with Crippen molar-refractivity contribution in [3.05, 3.63) is 11.6 Å². The standard InChI is InChI=1S/C9H13F3N4/c1-13-5-6-3-2-4-7-14-15-8(16(6)7)9(10,11)12/h6,13H,2-5H2,1H3. The third-order valence-electron chi connectivity index (χ3n) is 2.76. The van der Waals surface area contributed by atoms with E-state index in [9.17, 15) is 13.2 Å². The van der Waals surface area contributed by atoms with E-state index in [4.69, 9.17) is 0 Å². The Labute approximate surface area is 90.9 Å². The van der Waals surface area contributed by atoms with Crippen LogP contribution in [0.1, 0.15) is 30.5 Å². The number of fused-ring (bicyclic) bond motifs is 1. The summed E-state index contributed by atoms with van der Waals surface area (Å²) in [6, 6.07) is -0.194. The van der Waals surface area contributed by atoms with Gasteiger partial charge < -0.3 is 9.88 Å². The molecule has 0 spiro atoms. The Balaban J connectivity index is 2.40. The lowest BCUT2D eigenvalue weighted by atomic mass is 10.0. The van der Waals surface area contributed by atoms with Gasteiger partial charge in [0.1, 0.15) is 5.82 Å². The number of aromatic nitrogens is 3. The van der Waals surface area contributed by atoms with Gasteiger partial charge in [0.05, 0.1) is 0 Å². The molecule has 0 bridgehead atoms. The fourth-order valence-corrected chi connectivity index (χ4v) is 2.12. The molecule has 0 aliphatic carbocycles. The number of nitrogens with zero attached hydrogens (tertiary/aromatic N) is 3. The Bertz CT molecular complexity index is 371.